The van der Waals surface area contributed by atoms with Gasteiger partial charge >= 0.3 is 0 Å². The van der Waals surface area contributed by atoms with E-state index in [1.165, 1.54) is 11.1 Å². The van der Waals surface area contributed by atoms with Crippen LogP contribution in [0.5, 0.6) is 0 Å². The Morgan fingerprint density at radius 1 is 1.18 bits per heavy atom. The minimum Gasteiger partial charge on any atom is -0.398 e. The zero-order valence-corrected chi connectivity index (χ0v) is 11.1. The third kappa shape index (κ3) is 1.90. The lowest BCUT2D eigenvalue weighted by atomic mass is 9.71. The molecule has 1 atom stereocenters. The molecule has 2 N–H and O–H groups in total. The van der Waals surface area contributed by atoms with E-state index in [-0.39, 0.29) is 5.41 Å². The molecule has 1 aromatic carbocycles. The number of benzene rings is 1. The summed E-state index contributed by atoms with van der Waals surface area (Å²) in [5.74, 6) is 0.492. The Kier molecular flexibility index (Phi) is 2.86. The van der Waals surface area contributed by atoms with E-state index in [0.717, 1.165) is 11.3 Å². The molecule has 90 valence electrons. The average molecular weight is 227 g/mol. The summed E-state index contributed by atoms with van der Waals surface area (Å²) in [5, 5.41) is 0. The van der Waals surface area contributed by atoms with Gasteiger partial charge in [0, 0.05) is 11.3 Å². The topological polar surface area (TPSA) is 26.0 Å². The highest BCUT2D eigenvalue weighted by molar-refractivity contribution is 5.71. The van der Waals surface area contributed by atoms with Crippen molar-refractivity contribution in [2.45, 2.75) is 33.1 Å². The van der Waals surface area contributed by atoms with Gasteiger partial charge in [-0.3, -0.25) is 0 Å². The quantitative estimate of drug-likeness (QED) is 0.715. The van der Waals surface area contributed by atoms with Gasteiger partial charge in [-0.2, -0.15) is 0 Å². The van der Waals surface area contributed by atoms with E-state index in [0.29, 0.717) is 5.92 Å². The van der Waals surface area contributed by atoms with Gasteiger partial charge in [0.1, 0.15) is 0 Å². The smallest absolute Gasteiger partial charge is 0.0420 e. The maximum absolute atomic E-state index is 6.25. The second-order valence-corrected chi connectivity index (χ2v) is 5.51. The van der Waals surface area contributed by atoms with Gasteiger partial charge < -0.3 is 5.73 Å². The minimum absolute atomic E-state index is 0.110. The summed E-state index contributed by atoms with van der Waals surface area (Å²) in [7, 11) is 0. The predicted molar refractivity (Wildman–Crippen MR) is 74.6 cm³/mol. The number of hydrogen-bond acceptors (Lipinski definition) is 1. The highest BCUT2D eigenvalue weighted by Crippen LogP contribution is 2.38. The van der Waals surface area contributed by atoms with Crippen molar-refractivity contribution in [2.24, 2.45) is 11.7 Å². The Bertz CT molecular complexity index is 492. The van der Waals surface area contributed by atoms with Crippen LogP contribution in [0.4, 0.5) is 0 Å². The molecule has 0 saturated heterocycles. The Labute approximate surface area is 104 Å². The summed E-state index contributed by atoms with van der Waals surface area (Å²) >= 11 is 0. The molecule has 2 rings (SSSR count). The largest absolute Gasteiger partial charge is 0.398 e. The first-order valence-electron chi connectivity index (χ1n) is 6.19. The zero-order valence-electron chi connectivity index (χ0n) is 11.1. The highest BCUT2D eigenvalue weighted by atomic mass is 14.6. The lowest BCUT2D eigenvalue weighted by Crippen LogP contribution is -2.28. The minimum atomic E-state index is 0.110. The van der Waals surface area contributed by atoms with Crippen LogP contribution < -0.4 is 5.73 Å². The van der Waals surface area contributed by atoms with Crippen molar-refractivity contribution in [2.75, 3.05) is 0 Å². The molecule has 0 radical (unpaired) electrons. The second kappa shape index (κ2) is 4.06. The van der Waals surface area contributed by atoms with E-state index in [1.807, 2.05) is 0 Å². The van der Waals surface area contributed by atoms with Crippen LogP contribution in [0, 0.1) is 5.92 Å². The summed E-state index contributed by atoms with van der Waals surface area (Å²) in [6.07, 6.45) is 4.41. The number of rotatable bonds is 0. The molecule has 1 aromatic rings. The van der Waals surface area contributed by atoms with Gasteiger partial charge in [0.2, 0.25) is 0 Å². The zero-order chi connectivity index (χ0) is 12.6. The third-order valence-electron chi connectivity index (χ3n) is 4.11. The summed E-state index contributed by atoms with van der Waals surface area (Å²) in [4.78, 5) is 0. The molecular formula is C16H21N. The number of fused-ring (bicyclic) bond motifs is 1. The van der Waals surface area contributed by atoms with Crippen molar-refractivity contribution in [3.05, 3.63) is 53.1 Å². The maximum atomic E-state index is 6.25. The molecule has 1 aliphatic carbocycles. The maximum Gasteiger partial charge on any atom is 0.0420 e. The van der Waals surface area contributed by atoms with Crippen LogP contribution in [0.1, 0.15) is 38.8 Å². The molecule has 0 aliphatic heterocycles. The van der Waals surface area contributed by atoms with Crippen LogP contribution in [0.15, 0.2) is 42.0 Å². The van der Waals surface area contributed by atoms with E-state index in [4.69, 9.17) is 5.73 Å². The van der Waals surface area contributed by atoms with Crippen LogP contribution in [-0.4, -0.2) is 0 Å². The fourth-order valence-corrected chi connectivity index (χ4v) is 2.36. The van der Waals surface area contributed by atoms with Crippen LogP contribution in [0.25, 0.3) is 5.70 Å². The fraction of sp³-hybridized carbons (Fsp3) is 0.375. The molecule has 0 aromatic heterocycles. The Morgan fingerprint density at radius 2 is 1.82 bits per heavy atom. The van der Waals surface area contributed by atoms with Crippen molar-refractivity contribution < 1.29 is 0 Å². The summed E-state index contributed by atoms with van der Waals surface area (Å²) < 4.78 is 0. The lowest BCUT2D eigenvalue weighted by Gasteiger charge is -2.34. The number of nitrogens with two attached hydrogens (primary N) is 1. The van der Waals surface area contributed by atoms with Crippen LogP contribution >= 0.6 is 0 Å². The van der Waals surface area contributed by atoms with E-state index >= 15 is 0 Å². The third-order valence-corrected chi connectivity index (χ3v) is 4.11. The predicted octanol–water partition coefficient (Wildman–Crippen LogP) is 3.86. The molecule has 1 heteroatoms. The molecule has 0 spiro atoms. The molecule has 0 heterocycles. The molecule has 17 heavy (non-hydrogen) atoms. The summed E-state index contributed by atoms with van der Waals surface area (Å²) in [6, 6.07) is 8.49. The first-order valence-corrected chi connectivity index (χ1v) is 6.19. The van der Waals surface area contributed by atoms with Crippen LogP contribution in [0.3, 0.4) is 0 Å². The van der Waals surface area contributed by atoms with Crippen molar-refractivity contribution in [1.82, 2.24) is 0 Å². The van der Waals surface area contributed by atoms with E-state index in [2.05, 4.69) is 64.1 Å². The fourth-order valence-electron chi connectivity index (χ4n) is 2.36. The molecular weight excluding hydrogens is 206 g/mol. The van der Waals surface area contributed by atoms with Gasteiger partial charge in [-0.15, -0.1) is 0 Å². The normalized spacial score (nSPS) is 29.1. The molecule has 0 fully saturated rings. The van der Waals surface area contributed by atoms with Crippen molar-refractivity contribution in [3.8, 4) is 0 Å². The molecule has 0 bridgehead atoms. The molecule has 1 nitrogen and oxygen atoms in total. The summed E-state index contributed by atoms with van der Waals surface area (Å²) in [6.45, 7) is 8.92. The van der Waals surface area contributed by atoms with Gasteiger partial charge in [0.15, 0.2) is 0 Å². The van der Waals surface area contributed by atoms with E-state index < -0.39 is 0 Å². The van der Waals surface area contributed by atoms with Crippen molar-refractivity contribution in [3.63, 3.8) is 0 Å². The van der Waals surface area contributed by atoms with Gasteiger partial charge in [0.05, 0.1) is 0 Å². The molecule has 0 saturated carbocycles. The van der Waals surface area contributed by atoms with Crippen molar-refractivity contribution in [1.29, 1.82) is 0 Å². The monoisotopic (exact) mass is 227 g/mol. The SMILES string of the molecule is CC1=C(/N)c2ccccc2C(C)(C)C(C)/C=C\1. The first kappa shape index (κ1) is 12.0. The van der Waals surface area contributed by atoms with E-state index in [9.17, 15) is 0 Å². The first-order chi connectivity index (χ1) is 7.94. The lowest BCUT2D eigenvalue weighted by molar-refractivity contribution is 0.408. The highest BCUT2D eigenvalue weighted by Gasteiger charge is 2.30. The Hall–Kier alpha value is -1.50. The molecule has 0 amide bonds. The summed E-state index contributed by atoms with van der Waals surface area (Å²) in [5.41, 5.74) is 10.9. The average Bonchev–Trinajstić information content (AvgIpc) is 2.33. The standard InChI is InChI=1S/C16H21N/c1-11-9-10-12(2)16(3,4)14-8-6-5-7-13(14)15(11)17/h5-10,12H,17H2,1-4H3/b10-9-,15-11-. The molecule has 1 aliphatic rings. The second-order valence-electron chi connectivity index (χ2n) is 5.51. The number of hydrogen-bond donors (Lipinski definition) is 1. The molecule has 1 unspecified atom stereocenters. The Morgan fingerprint density at radius 3 is 2.53 bits per heavy atom. The van der Waals surface area contributed by atoms with Gasteiger partial charge in [-0.25, -0.2) is 0 Å². The van der Waals surface area contributed by atoms with Crippen LogP contribution in [0.2, 0.25) is 0 Å². The van der Waals surface area contributed by atoms with Crippen molar-refractivity contribution >= 4 is 5.70 Å². The number of allylic oxidation sites excluding steroid dienone is 3. The van der Waals surface area contributed by atoms with E-state index in [1.54, 1.807) is 0 Å². The van der Waals surface area contributed by atoms with Gasteiger partial charge in [-0.1, -0.05) is 57.2 Å². The Balaban J connectivity index is 2.75. The van der Waals surface area contributed by atoms with Gasteiger partial charge in [0.25, 0.3) is 0 Å². The van der Waals surface area contributed by atoms with Crippen LogP contribution in [-0.2, 0) is 5.41 Å². The van der Waals surface area contributed by atoms with Gasteiger partial charge in [-0.05, 0) is 29.4 Å².